The number of carbonyl (C=O) groups excluding carboxylic acids is 1. The van der Waals surface area contributed by atoms with Gasteiger partial charge in [-0.15, -0.1) is 0 Å². The average Bonchev–Trinajstić information content (AvgIpc) is 2.34. The summed E-state index contributed by atoms with van der Waals surface area (Å²) in [5.41, 5.74) is 5.01. The van der Waals surface area contributed by atoms with E-state index in [4.69, 9.17) is 10.4 Å². The molecule has 1 heterocycles. The lowest BCUT2D eigenvalue weighted by Gasteiger charge is -2.07. The van der Waals surface area contributed by atoms with Crippen molar-refractivity contribution in [2.45, 2.75) is 12.8 Å². The number of rotatable bonds is 5. The molecule has 0 aromatic carbocycles. The molecule has 1 amide bonds. The quantitative estimate of drug-likeness (QED) is 0.629. The summed E-state index contributed by atoms with van der Waals surface area (Å²) < 4.78 is 0. The third kappa shape index (κ3) is 4.17. The second kappa shape index (κ2) is 6.07. The van der Waals surface area contributed by atoms with Gasteiger partial charge in [-0.05, 0) is 12.1 Å². The number of carboxylic acids is 1. The first-order valence-electron chi connectivity index (χ1n) is 4.75. The molecule has 1 rings (SSSR count). The molecule has 7 nitrogen and oxygen atoms in total. The SMILES string of the molecule is N#Cc1cccnc1NNC(=O)CCC(=O)O. The van der Waals surface area contributed by atoms with Crippen LogP contribution in [0.3, 0.4) is 0 Å². The second-order valence-corrected chi connectivity index (χ2v) is 3.08. The lowest BCUT2D eigenvalue weighted by atomic mass is 10.3. The highest BCUT2D eigenvalue weighted by Crippen LogP contribution is 2.07. The minimum absolute atomic E-state index is 0.142. The number of nitrogens with zero attached hydrogens (tertiary/aromatic N) is 2. The summed E-state index contributed by atoms with van der Waals surface area (Å²) in [6.07, 6.45) is 1.07. The summed E-state index contributed by atoms with van der Waals surface area (Å²) in [6.45, 7) is 0. The van der Waals surface area contributed by atoms with Gasteiger partial charge >= 0.3 is 5.97 Å². The van der Waals surface area contributed by atoms with Crippen molar-refractivity contribution in [3.05, 3.63) is 23.9 Å². The molecule has 0 spiro atoms. The molecule has 0 bridgehead atoms. The molecule has 0 aliphatic carbocycles. The first-order chi connectivity index (χ1) is 8.13. The Morgan fingerprint density at radius 1 is 1.47 bits per heavy atom. The number of aromatic nitrogens is 1. The Kier molecular flexibility index (Phi) is 4.45. The van der Waals surface area contributed by atoms with Crippen molar-refractivity contribution >= 4 is 17.7 Å². The van der Waals surface area contributed by atoms with E-state index in [2.05, 4.69) is 15.8 Å². The highest BCUT2D eigenvalue weighted by molar-refractivity contribution is 5.81. The molecule has 88 valence electrons. The predicted octanol–water partition coefficient (Wildman–Crippen LogP) is 0.261. The normalized spacial score (nSPS) is 9.12. The fourth-order valence-electron chi connectivity index (χ4n) is 1.01. The molecule has 0 atom stereocenters. The molecule has 0 saturated heterocycles. The number of hydrogen-bond donors (Lipinski definition) is 3. The Morgan fingerprint density at radius 3 is 2.88 bits per heavy atom. The van der Waals surface area contributed by atoms with Crippen LogP contribution in [-0.4, -0.2) is 22.0 Å². The highest BCUT2D eigenvalue weighted by Gasteiger charge is 2.06. The topological polar surface area (TPSA) is 115 Å². The summed E-state index contributed by atoms with van der Waals surface area (Å²) in [5, 5.41) is 17.1. The average molecular weight is 234 g/mol. The number of carboxylic acid groups (broad SMARTS) is 1. The minimum atomic E-state index is -1.05. The molecular formula is C10H10N4O3. The van der Waals surface area contributed by atoms with Gasteiger partial charge in [0.1, 0.15) is 6.07 Å². The van der Waals surface area contributed by atoms with Crippen LogP contribution in [0.1, 0.15) is 18.4 Å². The van der Waals surface area contributed by atoms with E-state index in [1.165, 1.54) is 6.20 Å². The second-order valence-electron chi connectivity index (χ2n) is 3.08. The number of pyridine rings is 1. The number of anilines is 1. The van der Waals surface area contributed by atoms with Gasteiger partial charge in [-0.25, -0.2) is 4.98 Å². The van der Waals surface area contributed by atoms with Crippen molar-refractivity contribution in [3.8, 4) is 6.07 Å². The third-order valence-electron chi connectivity index (χ3n) is 1.81. The number of hydrogen-bond acceptors (Lipinski definition) is 5. The number of nitrogens with one attached hydrogen (secondary N) is 2. The van der Waals surface area contributed by atoms with Gasteiger partial charge < -0.3 is 5.11 Å². The molecule has 1 aromatic rings. The zero-order valence-electron chi connectivity index (χ0n) is 8.80. The van der Waals surface area contributed by atoms with Crippen molar-refractivity contribution in [3.63, 3.8) is 0 Å². The minimum Gasteiger partial charge on any atom is -0.481 e. The highest BCUT2D eigenvalue weighted by atomic mass is 16.4. The Morgan fingerprint density at radius 2 is 2.24 bits per heavy atom. The van der Waals surface area contributed by atoms with Gasteiger partial charge in [-0.2, -0.15) is 5.26 Å². The van der Waals surface area contributed by atoms with Gasteiger partial charge in [0.2, 0.25) is 5.91 Å². The van der Waals surface area contributed by atoms with Crippen LogP contribution in [0.2, 0.25) is 0 Å². The number of carbonyl (C=O) groups is 2. The maximum atomic E-state index is 11.2. The number of aliphatic carboxylic acids is 1. The van der Waals surface area contributed by atoms with Gasteiger partial charge in [-0.1, -0.05) is 0 Å². The lowest BCUT2D eigenvalue weighted by molar-refractivity contribution is -0.138. The van der Waals surface area contributed by atoms with E-state index in [0.717, 1.165) is 0 Å². The summed E-state index contributed by atoms with van der Waals surface area (Å²) in [5.74, 6) is -1.31. The zero-order chi connectivity index (χ0) is 12.7. The summed E-state index contributed by atoms with van der Waals surface area (Å²) >= 11 is 0. The van der Waals surface area contributed by atoms with Crippen molar-refractivity contribution in [2.75, 3.05) is 5.43 Å². The standard InChI is InChI=1S/C10H10N4O3/c11-6-7-2-1-5-12-10(7)14-13-8(15)3-4-9(16)17/h1-2,5H,3-4H2,(H,12,14)(H,13,15)(H,16,17). The largest absolute Gasteiger partial charge is 0.481 e. The van der Waals surface area contributed by atoms with Gasteiger partial charge in [0.05, 0.1) is 12.0 Å². The van der Waals surface area contributed by atoms with Crippen LogP contribution in [0.4, 0.5) is 5.82 Å². The molecule has 3 N–H and O–H groups in total. The fourth-order valence-corrected chi connectivity index (χ4v) is 1.01. The van der Waals surface area contributed by atoms with Crippen molar-refractivity contribution in [2.24, 2.45) is 0 Å². The van der Waals surface area contributed by atoms with Gasteiger partial charge in [-0.3, -0.25) is 20.4 Å². The maximum Gasteiger partial charge on any atom is 0.303 e. The van der Waals surface area contributed by atoms with Crippen LogP contribution in [0, 0.1) is 11.3 Å². The van der Waals surface area contributed by atoms with E-state index in [1.807, 2.05) is 6.07 Å². The molecule has 1 aromatic heterocycles. The molecule has 0 unspecified atom stereocenters. The zero-order valence-corrected chi connectivity index (χ0v) is 8.80. The lowest BCUT2D eigenvalue weighted by Crippen LogP contribution is -2.30. The molecule has 0 aliphatic rings. The third-order valence-corrected chi connectivity index (χ3v) is 1.81. The number of hydrazine groups is 1. The van der Waals surface area contributed by atoms with E-state index in [-0.39, 0.29) is 24.2 Å². The van der Waals surface area contributed by atoms with Crippen LogP contribution in [-0.2, 0) is 9.59 Å². The van der Waals surface area contributed by atoms with Crippen LogP contribution in [0.25, 0.3) is 0 Å². The molecule has 7 heteroatoms. The number of amides is 1. The Bertz CT molecular complexity index is 467. The molecule has 17 heavy (non-hydrogen) atoms. The van der Waals surface area contributed by atoms with Gasteiger partial charge in [0, 0.05) is 12.6 Å². The van der Waals surface area contributed by atoms with E-state index in [1.54, 1.807) is 12.1 Å². The van der Waals surface area contributed by atoms with Crippen LogP contribution in [0.5, 0.6) is 0 Å². The molecule has 0 radical (unpaired) electrons. The summed E-state index contributed by atoms with van der Waals surface area (Å²) in [6, 6.07) is 5.03. The number of nitriles is 1. The summed E-state index contributed by atoms with van der Waals surface area (Å²) in [4.78, 5) is 25.2. The Labute approximate surface area is 97.1 Å². The van der Waals surface area contributed by atoms with Crippen molar-refractivity contribution < 1.29 is 14.7 Å². The molecule has 0 saturated carbocycles. The van der Waals surface area contributed by atoms with Crippen molar-refractivity contribution in [1.82, 2.24) is 10.4 Å². The van der Waals surface area contributed by atoms with Crippen molar-refractivity contribution in [1.29, 1.82) is 5.26 Å². The first-order valence-corrected chi connectivity index (χ1v) is 4.75. The van der Waals surface area contributed by atoms with E-state index >= 15 is 0 Å². The maximum absolute atomic E-state index is 11.2. The van der Waals surface area contributed by atoms with Crippen LogP contribution >= 0.6 is 0 Å². The Balaban J connectivity index is 2.48. The monoisotopic (exact) mass is 234 g/mol. The smallest absolute Gasteiger partial charge is 0.303 e. The van der Waals surface area contributed by atoms with E-state index < -0.39 is 11.9 Å². The van der Waals surface area contributed by atoms with Crippen LogP contribution < -0.4 is 10.9 Å². The molecular weight excluding hydrogens is 224 g/mol. The van der Waals surface area contributed by atoms with E-state index in [9.17, 15) is 9.59 Å². The first kappa shape index (κ1) is 12.4. The van der Waals surface area contributed by atoms with Gasteiger partial charge in [0.25, 0.3) is 0 Å². The molecule has 0 aliphatic heterocycles. The Hall–Kier alpha value is -2.62. The predicted molar refractivity (Wildman–Crippen MR) is 57.6 cm³/mol. The van der Waals surface area contributed by atoms with E-state index in [0.29, 0.717) is 0 Å². The van der Waals surface area contributed by atoms with Crippen LogP contribution in [0.15, 0.2) is 18.3 Å². The fraction of sp³-hybridized carbons (Fsp3) is 0.200. The van der Waals surface area contributed by atoms with Gasteiger partial charge in [0.15, 0.2) is 5.82 Å². The molecule has 0 fully saturated rings. The summed E-state index contributed by atoms with van der Waals surface area (Å²) in [7, 11) is 0.